The summed E-state index contributed by atoms with van der Waals surface area (Å²) in [6.45, 7) is 4.84. The highest BCUT2D eigenvalue weighted by Gasteiger charge is 1.96. The van der Waals surface area contributed by atoms with Gasteiger partial charge in [0.25, 0.3) is 0 Å². The fourth-order valence-corrected chi connectivity index (χ4v) is 0.557. The molecule has 1 unspecified atom stereocenters. The molecule has 0 heterocycles. The zero-order valence-electron chi connectivity index (χ0n) is 7.11. The fourth-order valence-electron chi connectivity index (χ4n) is 0.557. The van der Waals surface area contributed by atoms with E-state index in [-0.39, 0.29) is 13.2 Å². The Kier molecular flexibility index (Phi) is 8.37. The van der Waals surface area contributed by atoms with E-state index in [4.69, 9.17) is 19.7 Å². The maximum atomic E-state index is 8.94. The van der Waals surface area contributed by atoms with E-state index in [9.17, 15) is 0 Å². The number of aliphatic hydroxyl groups excluding tert-OH is 2. The van der Waals surface area contributed by atoms with E-state index in [1.165, 1.54) is 6.08 Å². The Labute approximate surface area is 72.4 Å². The minimum absolute atomic E-state index is 0.0231. The van der Waals surface area contributed by atoms with Gasteiger partial charge in [0.1, 0.15) is 0 Å². The van der Waals surface area contributed by atoms with Crippen LogP contribution >= 0.6 is 0 Å². The van der Waals surface area contributed by atoms with Crippen LogP contribution in [0.5, 0.6) is 0 Å². The van der Waals surface area contributed by atoms with Crippen LogP contribution in [0.1, 0.15) is 0 Å². The number of aliphatic hydroxyl groups is 2. The van der Waals surface area contributed by atoms with E-state index in [0.29, 0.717) is 19.8 Å². The highest BCUT2D eigenvalue weighted by Crippen LogP contribution is 1.85. The van der Waals surface area contributed by atoms with Crippen molar-refractivity contribution in [2.75, 3.05) is 33.0 Å². The summed E-state index contributed by atoms with van der Waals surface area (Å²) in [6.07, 6.45) is 0.803. The summed E-state index contributed by atoms with van der Waals surface area (Å²) in [5, 5.41) is 17.3. The van der Waals surface area contributed by atoms with Crippen LogP contribution in [0.4, 0.5) is 0 Å². The average molecular weight is 176 g/mol. The van der Waals surface area contributed by atoms with Gasteiger partial charge >= 0.3 is 0 Å². The molecule has 0 fully saturated rings. The Morgan fingerprint density at radius 3 is 2.50 bits per heavy atom. The zero-order valence-corrected chi connectivity index (χ0v) is 7.11. The maximum absolute atomic E-state index is 8.94. The fraction of sp³-hybridized carbons (Fsp3) is 0.750. The monoisotopic (exact) mass is 176 g/mol. The molecule has 2 N–H and O–H groups in total. The third kappa shape index (κ3) is 7.68. The van der Waals surface area contributed by atoms with Crippen LogP contribution in [0, 0.1) is 0 Å². The normalized spacial score (nSPS) is 12.8. The molecule has 0 saturated carbocycles. The quantitative estimate of drug-likeness (QED) is 0.389. The number of ether oxygens (including phenoxy) is 2. The second kappa shape index (κ2) is 8.67. The van der Waals surface area contributed by atoms with Crippen LogP contribution in [0.15, 0.2) is 12.7 Å². The van der Waals surface area contributed by atoms with Gasteiger partial charge in [0.2, 0.25) is 0 Å². The first-order chi connectivity index (χ1) is 5.81. The van der Waals surface area contributed by atoms with E-state index in [0.717, 1.165) is 0 Å². The Morgan fingerprint density at radius 1 is 1.25 bits per heavy atom. The molecule has 0 radical (unpaired) electrons. The van der Waals surface area contributed by atoms with Crippen molar-refractivity contribution in [1.82, 2.24) is 0 Å². The lowest BCUT2D eigenvalue weighted by Gasteiger charge is -2.06. The number of hydrogen-bond donors (Lipinski definition) is 2. The van der Waals surface area contributed by atoms with Crippen molar-refractivity contribution in [1.29, 1.82) is 0 Å². The SMILES string of the molecule is C=CC(O)COCCOCCO. The summed E-state index contributed by atoms with van der Waals surface area (Å²) in [5.41, 5.74) is 0. The van der Waals surface area contributed by atoms with Gasteiger partial charge in [0, 0.05) is 0 Å². The van der Waals surface area contributed by atoms with E-state index in [1.54, 1.807) is 0 Å². The van der Waals surface area contributed by atoms with Crippen molar-refractivity contribution in [3.8, 4) is 0 Å². The lowest BCUT2D eigenvalue weighted by Crippen LogP contribution is -2.15. The Bertz CT molecular complexity index is 105. The van der Waals surface area contributed by atoms with E-state index < -0.39 is 6.10 Å². The molecule has 72 valence electrons. The largest absolute Gasteiger partial charge is 0.394 e. The molecular formula is C8H16O4. The molecule has 0 spiro atoms. The maximum Gasteiger partial charge on any atom is 0.0951 e. The zero-order chi connectivity index (χ0) is 9.23. The first kappa shape index (κ1) is 11.6. The van der Waals surface area contributed by atoms with Gasteiger partial charge in [-0.15, -0.1) is 6.58 Å². The van der Waals surface area contributed by atoms with E-state index >= 15 is 0 Å². The first-order valence-electron chi connectivity index (χ1n) is 3.88. The van der Waals surface area contributed by atoms with Crippen LogP contribution in [-0.4, -0.2) is 49.4 Å². The molecule has 0 aromatic rings. The van der Waals surface area contributed by atoms with Crippen LogP contribution in [0.3, 0.4) is 0 Å². The Balaban J connectivity index is 2.95. The predicted molar refractivity (Wildman–Crippen MR) is 44.9 cm³/mol. The summed E-state index contributed by atoms with van der Waals surface area (Å²) in [4.78, 5) is 0. The summed E-state index contributed by atoms with van der Waals surface area (Å²) in [7, 11) is 0. The molecule has 12 heavy (non-hydrogen) atoms. The number of hydrogen-bond acceptors (Lipinski definition) is 4. The van der Waals surface area contributed by atoms with Gasteiger partial charge < -0.3 is 19.7 Å². The average Bonchev–Trinajstić information content (AvgIpc) is 2.10. The molecular weight excluding hydrogens is 160 g/mol. The Hall–Kier alpha value is -0.420. The molecule has 0 aromatic heterocycles. The molecule has 0 aliphatic heterocycles. The third-order valence-electron chi connectivity index (χ3n) is 1.17. The van der Waals surface area contributed by atoms with Crippen molar-refractivity contribution in [2.45, 2.75) is 6.10 Å². The second-order valence-corrected chi connectivity index (χ2v) is 2.21. The van der Waals surface area contributed by atoms with Crippen LogP contribution in [0.2, 0.25) is 0 Å². The lowest BCUT2D eigenvalue weighted by molar-refractivity contribution is 0.00929. The third-order valence-corrected chi connectivity index (χ3v) is 1.17. The minimum atomic E-state index is -0.608. The van der Waals surface area contributed by atoms with Crippen molar-refractivity contribution in [3.63, 3.8) is 0 Å². The summed E-state index contributed by atoms with van der Waals surface area (Å²) in [6, 6.07) is 0. The molecule has 4 nitrogen and oxygen atoms in total. The van der Waals surface area contributed by atoms with Gasteiger partial charge in [-0.05, 0) is 0 Å². The smallest absolute Gasteiger partial charge is 0.0951 e. The predicted octanol–water partition coefficient (Wildman–Crippen LogP) is -0.441. The van der Waals surface area contributed by atoms with Crippen LogP contribution in [0.25, 0.3) is 0 Å². The summed E-state index contributed by atoms with van der Waals surface area (Å²) < 4.78 is 9.92. The van der Waals surface area contributed by atoms with Gasteiger partial charge in [0.15, 0.2) is 0 Å². The molecule has 0 rings (SSSR count). The second-order valence-electron chi connectivity index (χ2n) is 2.21. The first-order valence-corrected chi connectivity index (χ1v) is 3.88. The van der Waals surface area contributed by atoms with E-state index in [2.05, 4.69) is 6.58 Å². The molecule has 0 bridgehead atoms. The topological polar surface area (TPSA) is 58.9 Å². The molecule has 0 aliphatic rings. The van der Waals surface area contributed by atoms with Crippen LogP contribution < -0.4 is 0 Å². The van der Waals surface area contributed by atoms with Crippen molar-refractivity contribution in [3.05, 3.63) is 12.7 Å². The minimum Gasteiger partial charge on any atom is -0.394 e. The van der Waals surface area contributed by atoms with Gasteiger partial charge in [-0.1, -0.05) is 6.08 Å². The summed E-state index contributed by atoms with van der Waals surface area (Å²) >= 11 is 0. The molecule has 0 aromatic carbocycles. The van der Waals surface area contributed by atoms with Gasteiger partial charge in [-0.2, -0.15) is 0 Å². The van der Waals surface area contributed by atoms with Crippen molar-refractivity contribution < 1.29 is 19.7 Å². The highest BCUT2D eigenvalue weighted by molar-refractivity contribution is 4.76. The van der Waals surface area contributed by atoms with Crippen LogP contribution in [-0.2, 0) is 9.47 Å². The van der Waals surface area contributed by atoms with Gasteiger partial charge in [0.05, 0.1) is 39.1 Å². The Morgan fingerprint density at radius 2 is 1.92 bits per heavy atom. The number of rotatable bonds is 8. The van der Waals surface area contributed by atoms with Crippen molar-refractivity contribution in [2.24, 2.45) is 0 Å². The molecule has 0 aliphatic carbocycles. The summed E-state index contributed by atoms with van der Waals surface area (Å²) in [5.74, 6) is 0. The highest BCUT2D eigenvalue weighted by atomic mass is 16.5. The molecule has 0 amide bonds. The lowest BCUT2D eigenvalue weighted by atomic mass is 10.4. The molecule has 0 saturated heterocycles. The molecule has 4 heteroatoms. The van der Waals surface area contributed by atoms with Gasteiger partial charge in [-0.3, -0.25) is 0 Å². The van der Waals surface area contributed by atoms with Gasteiger partial charge in [-0.25, -0.2) is 0 Å². The van der Waals surface area contributed by atoms with E-state index in [1.807, 2.05) is 0 Å². The standard InChI is InChI=1S/C8H16O4/c1-2-8(10)7-12-6-5-11-4-3-9/h2,8-10H,1,3-7H2. The van der Waals surface area contributed by atoms with Crippen molar-refractivity contribution >= 4 is 0 Å². The molecule has 1 atom stereocenters.